The fourth-order valence-electron chi connectivity index (χ4n) is 5.09. The van der Waals surface area contributed by atoms with E-state index >= 15 is 0 Å². The summed E-state index contributed by atoms with van der Waals surface area (Å²) in [6.45, 7) is 4.29. The number of allylic oxidation sites excluding steroid dienone is 1. The Morgan fingerprint density at radius 3 is 2.55 bits per heavy atom. The summed E-state index contributed by atoms with van der Waals surface area (Å²) in [6, 6.07) is 13.4. The molecule has 10 heteroatoms. The molecule has 0 aromatic heterocycles. The van der Waals surface area contributed by atoms with E-state index in [0.29, 0.717) is 53.9 Å². The second-order valence-electron chi connectivity index (χ2n) is 9.16. The monoisotopic (exact) mass is 536 g/mol. The zero-order valence-electron chi connectivity index (χ0n) is 21.5. The Morgan fingerprint density at radius 2 is 1.84 bits per heavy atom. The minimum Gasteiger partial charge on any atom is -0.495 e. The molecule has 0 radical (unpaired) electrons. The molecule has 8 nitrogen and oxygen atoms in total. The molecule has 3 aliphatic heterocycles. The second kappa shape index (κ2) is 10.9. The largest absolute Gasteiger partial charge is 0.495 e. The van der Waals surface area contributed by atoms with Crippen LogP contribution < -0.4 is 9.64 Å². The van der Waals surface area contributed by atoms with Crippen LogP contribution >= 0.6 is 11.8 Å². The lowest BCUT2D eigenvalue weighted by atomic mass is 9.93. The molecule has 5 rings (SSSR count). The maximum Gasteiger partial charge on any atom is 0.338 e. The first-order chi connectivity index (χ1) is 18.4. The summed E-state index contributed by atoms with van der Waals surface area (Å²) in [5.41, 5.74) is 3.16. The zero-order valence-corrected chi connectivity index (χ0v) is 22.3. The van der Waals surface area contributed by atoms with Crippen LogP contribution in [0, 0.1) is 5.82 Å². The molecule has 0 spiro atoms. The summed E-state index contributed by atoms with van der Waals surface area (Å²) >= 11 is 1.39. The van der Waals surface area contributed by atoms with Gasteiger partial charge < -0.3 is 24.2 Å². The van der Waals surface area contributed by atoms with Gasteiger partial charge >= 0.3 is 5.97 Å². The number of benzene rings is 2. The minimum absolute atomic E-state index is 0.0124. The van der Waals surface area contributed by atoms with Crippen molar-refractivity contribution in [3.05, 3.63) is 82.3 Å². The molecule has 3 aliphatic rings. The number of para-hydroxylation sites is 2. The Bertz CT molecular complexity index is 1350. The summed E-state index contributed by atoms with van der Waals surface area (Å²) in [6.07, 6.45) is 0.139. The first-order valence-corrected chi connectivity index (χ1v) is 13.2. The third-order valence-electron chi connectivity index (χ3n) is 6.96. The fraction of sp³-hybridized carbons (Fsp3) is 0.321. The number of amides is 1. The van der Waals surface area contributed by atoms with Crippen molar-refractivity contribution < 1.29 is 23.5 Å². The van der Waals surface area contributed by atoms with Crippen molar-refractivity contribution in [2.24, 2.45) is 4.99 Å². The van der Waals surface area contributed by atoms with Crippen molar-refractivity contribution >= 4 is 34.5 Å². The van der Waals surface area contributed by atoms with Gasteiger partial charge in [-0.15, -0.1) is 0 Å². The number of esters is 1. The number of fused-ring (bicyclic) bond motifs is 1. The van der Waals surface area contributed by atoms with E-state index in [9.17, 15) is 14.0 Å². The number of hydrogen-bond acceptors (Lipinski definition) is 8. The van der Waals surface area contributed by atoms with Crippen molar-refractivity contribution in [3.63, 3.8) is 0 Å². The highest BCUT2D eigenvalue weighted by Crippen LogP contribution is 2.45. The fourth-order valence-corrected chi connectivity index (χ4v) is 6.05. The summed E-state index contributed by atoms with van der Waals surface area (Å²) in [7, 11) is 2.97. The zero-order chi connectivity index (χ0) is 26.8. The number of carbonyl (C=O) groups excluding carboxylic acids is 2. The van der Waals surface area contributed by atoms with Gasteiger partial charge in [-0.2, -0.15) is 0 Å². The normalized spacial score (nSPS) is 19.2. The van der Waals surface area contributed by atoms with Crippen LogP contribution in [0.4, 0.5) is 10.1 Å². The third kappa shape index (κ3) is 4.88. The van der Waals surface area contributed by atoms with Crippen LogP contribution in [0.3, 0.4) is 0 Å². The number of piperazine rings is 1. The number of carbonyl (C=O) groups is 2. The smallest absolute Gasteiger partial charge is 0.338 e. The van der Waals surface area contributed by atoms with E-state index in [0.717, 1.165) is 11.4 Å². The Balaban J connectivity index is 1.34. The van der Waals surface area contributed by atoms with Crippen LogP contribution in [0.5, 0.6) is 5.75 Å². The second-order valence-corrected chi connectivity index (χ2v) is 9.99. The number of methoxy groups -OCH3 is 2. The number of ether oxygens (including phenoxy) is 2. The minimum atomic E-state index is -0.651. The molecule has 1 unspecified atom stereocenters. The van der Waals surface area contributed by atoms with Crippen molar-refractivity contribution in [2.75, 3.05) is 45.3 Å². The van der Waals surface area contributed by atoms with Crippen molar-refractivity contribution in [1.82, 2.24) is 9.80 Å². The highest BCUT2D eigenvalue weighted by Gasteiger charge is 2.41. The molecule has 198 valence electrons. The van der Waals surface area contributed by atoms with E-state index in [-0.39, 0.29) is 12.3 Å². The van der Waals surface area contributed by atoms with Crippen LogP contribution in [-0.2, 0) is 14.3 Å². The SMILES string of the molecule is COC(=O)C1=C(C)N=C2SC=C(CC(=O)N3CCN(c4ccccc4OC)CC3)N2C1c1cccc(F)c1. The standard InChI is InChI=1S/C28H29FN4O4S/c1-18-25(27(35)37-3)26(19-7-6-8-20(29)15-19)33-21(17-38-28(33)30-18)16-24(34)32-13-11-31(12-14-32)22-9-4-5-10-23(22)36-2/h4-10,15,17,26H,11-14,16H2,1-3H3. The lowest BCUT2D eigenvalue weighted by Gasteiger charge is -2.38. The van der Waals surface area contributed by atoms with Gasteiger partial charge in [0.2, 0.25) is 5.91 Å². The maximum atomic E-state index is 14.3. The van der Waals surface area contributed by atoms with Gasteiger partial charge in [0.15, 0.2) is 5.17 Å². The van der Waals surface area contributed by atoms with E-state index in [1.165, 1.54) is 31.0 Å². The first kappa shape index (κ1) is 25.8. The van der Waals surface area contributed by atoms with Crippen LogP contribution in [0.15, 0.2) is 75.9 Å². The van der Waals surface area contributed by atoms with E-state index < -0.39 is 17.8 Å². The Hall–Kier alpha value is -3.79. The average molecular weight is 537 g/mol. The number of rotatable bonds is 6. The van der Waals surface area contributed by atoms with Crippen LogP contribution in [0.2, 0.25) is 0 Å². The molecule has 38 heavy (non-hydrogen) atoms. The summed E-state index contributed by atoms with van der Waals surface area (Å²) in [5.74, 6) is -0.142. The molecule has 1 atom stereocenters. The molecule has 2 aromatic rings. The van der Waals surface area contributed by atoms with Gasteiger partial charge in [-0.05, 0) is 42.2 Å². The summed E-state index contributed by atoms with van der Waals surface area (Å²) in [5, 5.41) is 2.54. The van der Waals surface area contributed by atoms with Crippen molar-refractivity contribution in [1.29, 1.82) is 0 Å². The number of amidine groups is 1. The van der Waals surface area contributed by atoms with Crippen LogP contribution in [0.25, 0.3) is 0 Å². The number of aliphatic imine (C=N–C) groups is 1. The molecular weight excluding hydrogens is 507 g/mol. The molecule has 0 bridgehead atoms. The number of thioether (sulfide) groups is 1. The number of anilines is 1. The maximum absolute atomic E-state index is 14.3. The number of halogens is 1. The Kier molecular flexibility index (Phi) is 7.42. The van der Waals surface area contributed by atoms with Gasteiger partial charge in [-0.1, -0.05) is 36.0 Å². The molecule has 0 aliphatic carbocycles. The van der Waals surface area contributed by atoms with Gasteiger partial charge in [-0.3, -0.25) is 4.79 Å². The third-order valence-corrected chi connectivity index (χ3v) is 7.85. The topological polar surface area (TPSA) is 74.7 Å². The van der Waals surface area contributed by atoms with E-state index in [1.807, 2.05) is 39.5 Å². The van der Waals surface area contributed by atoms with E-state index in [4.69, 9.17) is 9.47 Å². The molecule has 0 N–H and O–H groups in total. The molecular formula is C28H29FN4O4S. The van der Waals surface area contributed by atoms with Crippen LogP contribution in [-0.4, -0.2) is 67.2 Å². The predicted molar refractivity (Wildman–Crippen MR) is 145 cm³/mol. The summed E-state index contributed by atoms with van der Waals surface area (Å²) < 4.78 is 24.8. The lowest BCUT2D eigenvalue weighted by Crippen LogP contribution is -2.49. The molecule has 1 amide bonds. The van der Waals surface area contributed by atoms with E-state index in [2.05, 4.69) is 9.89 Å². The first-order valence-electron chi connectivity index (χ1n) is 12.3. The molecule has 1 fully saturated rings. The van der Waals surface area contributed by atoms with Gasteiger partial charge in [0, 0.05) is 31.9 Å². The number of hydrogen-bond donors (Lipinski definition) is 0. The van der Waals surface area contributed by atoms with Gasteiger partial charge in [0.1, 0.15) is 11.6 Å². The molecule has 1 saturated heterocycles. The van der Waals surface area contributed by atoms with Crippen molar-refractivity contribution in [2.45, 2.75) is 19.4 Å². The summed E-state index contributed by atoms with van der Waals surface area (Å²) in [4.78, 5) is 36.8. The van der Waals surface area contributed by atoms with Crippen molar-refractivity contribution in [3.8, 4) is 5.75 Å². The Labute approximate surface area is 225 Å². The van der Waals surface area contributed by atoms with Gasteiger partial charge in [-0.25, -0.2) is 14.2 Å². The predicted octanol–water partition coefficient (Wildman–Crippen LogP) is 4.32. The van der Waals surface area contributed by atoms with E-state index in [1.54, 1.807) is 26.2 Å². The quantitative estimate of drug-likeness (QED) is 0.509. The lowest BCUT2D eigenvalue weighted by molar-refractivity contribution is -0.136. The molecule has 0 saturated carbocycles. The number of nitrogens with zero attached hydrogens (tertiary/aromatic N) is 4. The molecule has 2 aromatic carbocycles. The Morgan fingerprint density at radius 1 is 1.08 bits per heavy atom. The van der Waals surface area contributed by atoms with Crippen LogP contribution in [0.1, 0.15) is 24.9 Å². The van der Waals surface area contributed by atoms with Gasteiger partial charge in [0.25, 0.3) is 0 Å². The highest BCUT2D eigenvalue weighted by molar-refractivity contribution is 8.16. The van der Waals surface area contributed by atoms with Gasteiger partial charge in [0.05, 0.1) is 43.6 Å². The molecule has 3 heterocycles. The average Bonchev–Trinajstić information content (AvgIpc) is 3.33. The highest BCUT2D eigenvalue weighted by atomic mass is 32.2.